The normalized spacial score (nSPS) is 13.5. The molecule has 0 aromatic heterocycles. The second-order valence-electron chi connectivity index (χ2n) is 2.21. The van der Waals surface area contributed by atoms with Gasteiger partial charge in [-0.15, -0.1) is 0 Å². The number of hydrogen-bond acceptors (Lipinski definition) is 2. The van der Waals surface area contributed by atoms with Crippen LogP contribution in [0, 0.1) is 5.92 Å². The Labute approximate surface area is 63.2 Å². The zero-order valence-electron chi connectivity index (χ0n) is 5.96. The third-order valence-electron chi connectivity index (χ3n) is 1.34. The van der Waals surface area contributed by atoms with Crippen LogP contribution in [0.2, 0.25) is 0 Å². The number of carboxylic acids is 1. The Bertz CT molecular complexity index is 130. The van der Waals surface area contributed by atoms with Gasteiger partial charge in [0.2, 0.25) is 0 Å². The highest BCUT2D eigenvalue weighted by Gasteiger charge is 2.26. The number of aliphatic carboxylic acids is 1. The fraction of sp³-hybridized carbons (Fsp3) is 0.833. The van der Waals surface area contributed by atoms with E-state index in [2.05, 4.69) is 0 Å². The zero-order valence-corrected chi connectivity index (χ0v) is 5.96. The van der Waals surface area contributed by atoms with Gasteiger partial charge < -0.3 is 10.8 Å². The van der Waals surface area contributed by atoms with Gasteiger partial charge in [-0.2, -0.15) is 0 Å². The number of rotatable bonds is 5. The highest BCUT2D eigenvalue weighted by Crippen LogP contribution is 2.15. The summed E-state index contributed by atoms with van der Waals surface area (Å²) in [5, 5.41) is 8.25. The van der Waals surface area contributed by atoms with Gasteiger partial charge in [-0.1, -0.05) is 0 Å². The summed E-state index contributed by atoms with van der Waals surface area (Å²) in [6, 6.07) is 0. The van der Waals surface area contributed by atoms with Crippen LogP contribution in [0.5, 0.6) is 0 Å². The summed E-state index contributed by atoms with van der Waals surface area (Å²) >= 11 is 0. The van der Waals surface area contributed by atoms with Gasteiger partial charge in [-0.05, 0) is 19.4 Å². The van der Waals surface area contributed by atoms with Gasteiger partial charge in [0.15, 0.2) is 0 Å². The van der Waals surface area contributed by atoms with E-state index in [1.807, 2.05) is 0 Å². The van der Waals surface area contributed by atoms with Crippen molar-refractivity contribution in [2.45, 2.75) is 19.3 Å². The summed E-state index contributed by atoms with van der Waals surface area (Å²) < 4.78 is 23.7. The first-order chi connectivity index (χ1) is 5.09. The average Bonchev–Trinajstić information content (AvgIpc) is 1.87. The van der Waals surface area contributed by atoms with Crippen LogP contribution in [0.3, 0.4) is 0 Å². The maximum Gasteiger partial charge on any atom is 0.312 e. The first-order valence-corrected chi connectivity index (χ1v) is 3.30. The van der Waals surface area contributed by atoms with Crippen LogP contribution in [0.4, 0.5) is 8.78 Å². The molecule has 0 rings (SSSR count). The van der Waals surface area contributed by atoms with E-state index in [9.17, 15) is 13.6 Å². The lowest BCUT2D eigenvalue weighted by Gasteiger charge is -2.08. The highest BCUT2D eigenvalue weighted by atomic mass is 19.3. The van der Waals surface area contributed by atoms with Gasteiger partial charge in [0.05, 0.1) is 0 Å². The first-order valence-electron chi connectivity index (χ1n) is 3.30. The average molecular weight is 167 g/mol. The second-order valence-corrected chi connectivity index (χ2v) is 2.21. The van der Waals surface area contributed by atoms with E-state index >= 15 is 0 Å². The maximum absolute atomic E-state index is 11.9. The number of halogens is 2. The predicted molar refractivity (Wildman–Crippen MR) is 35.4 cm³/mol. The van der Waals surface area contributed by atoms with Gasteiger partial charge in [-0.3, -0.25) is 4.79 Å². The van der Waals surface area contributed by atoms with Crippen molar-refractivity contribution < 1.29 is 18.7 Å². The van der Waals surface area contributed by atoms with Crippen molar-refractivity contribution >= 4 is 5.97 Å². The Morgan fingerprint density at radius 3 is 2.36 bits per heavy atom. The summed E-state index contributed by atoms with van der Waals surface area (Å²) in [6.45, 7) is 0.247. The molecule has 11 heavy (non-hydrogen) atoms. The van der Waals surface area contributed by atoms with Crippen LogP contribution in [-0.2, 0) is 4.79 Å². The Hall–Kier alpha value is -0.710. The van der Waals surface area contributed by atoms with E-state index in [1.54, 1.807) is 0 Å². The molecule has 0 spiro atoms. The van der Waals surface area contributed by atoms with Crippen molar-refractivity contribution in [2.24, 2.45) is 11.7 Å². The molecule has 3 N–H and O–H groups in total. The molecule has 1 atom stereocenters. The zero-order chi connectivity index (χ0) is 8.85. The third-order valence-corrected chi connectivity index (χ3v) is 1.34. The molecule has 0 aliphatic heterocycles. The topological polar surface area (TPSA) is 63.3 Å². The quantitative estimate of drug-likeness (QED) is 0.633. The summed E-state index contributed by atoms with van der Waals surface area (Å²) in [4.78, 5) is 10.1. The third kappa shape index (κ3) is 3.87. The number of nitrogens with two attached hydrogens (primary N) is 1. The molecule has 0 aliphatic rings. The van der Waals surface area contributed by atoms with Crippen molar-refractivity contribution in [1.29, 1.82) is 0 Å². The maximum atomic E-state index is 11.9. The SMILES string of the molecule is NCCCC(C(=O)O)C(F)F. The molecule has 0 saturated carbocycles. The molecular formula is C6H11F2NO2. The molecule has 0 aromatic carbocycles. The molecular weight excluding hydrogens is 156 g/mol. The van der Waals surface area contributed by atoms with Crippen LogP contribution >= 0.6 is 0 Å². The lowest BCUT2D eigenvalue weighted by molar-refractivity contribution is -0.147. The lowest BCUT2D eigenvalue weighted by Crippen LogP contribution is -2.22. The number of hydrogen-bond donors (Lipinski definition) is 2. The Morgan fingerprint density at radius 1 is 1.55 bits per heavy atom. The Kier molecular flexibility index (Phi) is 4.69. The van der Waals surface area contributed by atoms with Crippen LogP contribution in [0.15, 0.2) is 0 Å². The first kappa shape index (κ1) is 10.3. The lowest BCUT2D eigenvalue weighted by atomic mass is 10.0. The van der Waals surface area contributed by atoms with E-state index in [0.717, 1.165) is 0 Å². The van der Waals surface area contributed by atoms with Gasteiger partial charge >= 0.3 is 5.97 Å². The van der Waals surface area contributed by atoms with Gasteiger partial charge in [0.1, 0.15) is 5.92 Å². The van der Waals surface area contributed by atoms with Crippen molar-refractivity contribution in [3.8, 4) is 0 Å². The fourth-order valence-corrected chi connectivity index (χ4v) is 0.695. The Balaban J connectivity index is 3.80. The summed E-state index contributed by atoms with van der Waals surface area (Å²) in [5.41, 5.74) is 5.04. The number of carboxylic acid groups (broad SMARTS) is 1. The summed E-state index contributed by atoms with van der Waals surface area (Å²) in [7, 11) is 0. The van der Waals surface area contributed by atoms with E-state index in [-0.39, 0.29) is 13.0 Å². The molecule has 0 aromatic rings. The van der Waals surface area contributed by atoms with Crippen LogP contribution in [-0.4, -0.2) is 24.0 Å². The Morgan fingerprint density at radius 2 is 2.09 bits per heavy atom. The second kappa shape index (κ2) is 5.01. The molecule has 66 valence electrons. The number of alkyl halides is 2. The van der Waals surface area contributed by atoms with Crippen LogP contribution < -0.4 is 5.73 Å². The summed E-state index contributed by atoms with van der Waals surface area (Å²) in [5.74, 6) is -3.01. The number of carbonyl (C=O) groups is 1. The van der Waals surface area contributed by atoms with Crippen LogP contribution in [0.25, 0.3) is 0 Å². The van der Waals surface area contributed by atoms with Gasteiger partial charge in [-0.25, -0.2) is 8.78 Å². The molecule has 1 unspecified atom stereocenters. The summed E-state index contributed by atoms with van der Waals surface area (Å²) in [6.07, 6.45) is -2.52. The smallest absolute Gasteiger partial charge is 0.312 e. The van der Waals surface area contributed by atoms with Crippen LogP contribution in [0.1, 0.15) is 12.8 Å². The molecule has 0 fully saturated rings. The highest BCUT2D eigenvalue weighted by molar-refractivity contribution is 5.70. The molecule has 0 bridgehead atoms. The molecule has 0 amide bonds. The van der Waals surface area contributed by atoms with E-state index in [4.69, 9.17) is 10.8 Å². The van der Waals surface area contributed by atoms with Crippen molar-refractivity contribution in [2.75, 3.05) is 6.54 Å². The van der Waals surface area contributed by atoms with E-state index in [0.29, 0.717) is 6.42 Å². The van der Waals surface area contributed by atoms with Gasteiger partial charge in [0, 0.05) is 0 Å². The van der Waals surface area contributed by atoms with Crippen molar-refractivity contribution in [3.05, 3.63) is 0 Å². The van der Waals surface area contributed by atoms with Gasteiger partial charge in [0.25, 0.3) is 6.43 Å². The van der Waals surface area contributed by atoms with E-state index in [1.165, 1.54) is 0 Å². The standard InChI is InChI=1S/C6H11F2NO2/c7-5(8)4(6(10)11)2-1-3-9/h4-5H,1-3,9H2,(H,10,11). The minimum Gasteiger partial charge on any atom is -0.481 e. The molecule has 3 nitrogen and oxygen atoms in total. The molecule has 0 aliphatic carbocycles. The molecule has 0 radical (unpaired) electrons. The molecule has 0 heterocycles. The monoisotopic (exact) mass is 167 g/mol. The predicted octanol–water partition coefficient (Wildman–Crippen LogP) is 0.691. The minimum absolute atomic E-state index is 0.0521. The van der Waals surface area contributed by atoms with E-state index < -0.39 is 18.3 Å². The fourth-order valence-electron chi connectivity index (χ4n) is 0.695. The molecule has 0 saturated heterocycles. The van der Waals surface area contributed by atoms with Crippen molar-refractivity contribution in [1.82, 2.24) is 0 Å². The minimum atomic E-state index is -2.79. The van der Waals surface area contributed by atoms with Crippen molar-refractivity contribution in [3.63, 3.8) is 0 Å². The molecule has 5 heteroatoms. The largest absolute Gasteiger partial charge is 0.481 e.